The third kappa shape index (κ3) is 5.02. The Morgan fingerprint density at radius 3 is 2.61 bits per heavy atom. The average Bonchev–Trinajstić information content (AvgIpc) is 3.15. The van der Waals surface area contributed by atoms with E-state index >= 15 is 0 Å². The van der Waals surface area contributed by atoms with Crippen molar-refractivity contribution in [3.05, 3.63) is 82.1 Å². The van der Waals surface area contributed by atoms with Crippen LogP contribution in [0, 0.1) is 17.1 Å². The Kier molecular flexibility index (Phi) is 6.14. The molecule has 140 valence electrons. The standard InChI is InChI=1S/C21H16FN3O2S/c1-27-18-8-4-14(5-9-18)10-16(12-23)20(26)25-21-24-13-19(28-21)11-15-2-6-17(22)7-3-15/h2-10,13H,11H2,1H3,(H,24,25,26). The van der Waals surface area contributed by atoms with Crippen LogP contribution in [0.3, 0.4) is 0 Å². The summed E-state index contributed by atoms with van der Waals surface area (Å²) in [4.78, 5) is 17.5. The lowest BCUT2D eigenvalue weighted by Gasteiger charge is -2.02. The lowest BCUT2D eigenvalue weighted by Crippen LogP contribution is -2.13. The second-order valence-electron chi connectivity index (χ2n) is 5.83. The third-order valence-electron chi connectivity index (χ3n) is 3.86. The molecule has 1 heterocycles. The van der Waals surface area contributed by atoms with Gasteiger partial charge in [0.05, 0.1) is 7.11 Å². The van der Waals surface area contributed by atoms with Gasteiger partial charge < -0.3 is 4.74 Å². The average molecular weight is 393 g/mol. The quantitative estimate of drug-likeness (QED) is 0.497. The van der Waals surface area contributed by atoms with Crippen molar-refractivity contribution in [2.45, 2.75) is 6.42 Å². The van der Waals surface area contributed by atoms with Gasteiger partial charge >= 0.3 is 0 Å². The van der Waals surface area contributed by atoms with Gasteiger partial charge in [-0.3, -0.25) is 10.1 Å². The van der Waals surface area contributed by atoms with E-state index in [4.69, 9.17) is 4.74 Å². The largest absolute Gasteiger partial charge is 0.497 e. The molecule has 0 fully saturated rings. The van der Waals surface area contributed by atoms with Crippen molar-refractivity contribution in [3.63, 3.8) is 0 Å². The number of amides is 1. The van der Waals surface area contributed by atoms with Crippen LogP contribution in [0.1, 0.15) is 16.0 Å². The van der Waals surface area contributed by atoms with Crippen LogP contribution in [0.4, 0.5) is 9.52 Å². The van der Waals surface area contributed by atoms with Crippen LogP contribution in [-0.4, -0.2) is 18.0 Å². The summed E-state index contributed by atoms with van der Waals surface area (Å²) in [5.74, 6) is -0.119. The Morgan fingerprint density at radius 1 is 1.25 bits per heavy atom. The lowest BCUT2D eigenvalue weighted by molar-refractivity contribution is -0.112. The highest BCUT2D eigenvalue weighted by Crippen LogP contribution is 2.22. The van der Waals surface area contributed by atoms with E-state index in [1.165, 1.54) is 29.5 Å². The second kappa shape index (κ2) is 8.93. The number of nitrogens with one attached hydrogen (secondary N) is 1. The van der Waals surface area contributed by atoms with E-state index in [9.17, 15) is 14.4 Å². The number of methoxy groups -OCH3 is 1. The highest BCUT2D eigenvalue weighted by atomic mass is 32.1. The predicted molar refractivity (Wildman–Crippen MR) is 107 cm³/mol. The lowest BCUT2D eigenvalue weighted by atomic mass is 10.1. The number of halogens is 1. The van der Waals surface area contributed by atoms with Crippen LogP contribution >= 0.6 is 11.3 Å². The minimum Gasteiger partial charge on any atom is -0.497 e. The summed E-state index contributed by atoms with van der Waals surface area (Å²) in [6.45, 7) is 0. The van der Waals surface area contributed by atoms with Crippen molar-refractivity contribution in [2.24, 2.45) is 0 Å². The maximum atomic E-state index is 13.0. The predicted octanol–water partition coefficient (Wildman–Crippen LogP) is 4.43. The van der Waals surface area contributed by atoms with Crippen LogP contribution < -0.4 is 10.1 Å². The first-order chi connectivity index (χ1) is 13.6. The molecule has 1 N–H and O–H groups in total. The number of rotatable bonds is 6. The zero-order valence-electron chi connectivity index (χ0n) is 15.0. The first-order valence-corrected chi connectivity index (χ1v) is 9.15. The number of nitriles is 1. The zero-order chi connectivity index (χ0) is 19.9. The molecule has 3 aromatic rings. The Labute approximate surface area is 165 Å². The summed E-state index contributed by atoms with van der Waals surface area (Å²) in [6, 6.07) is 15.2. The van der Waals surface area contributed by atoms with E-state index in [0.717, 1.165) is 10.4 Å². The number of carbonyl (C=O) groups is 1. The molecule has 0 spiro atoms. The molecule has 0 saturated carbocycles. The van der Waals surface area contributed by atoms with Gasteiger partial charge in [0.25, 0.3) is 5.91 Å². The number of hydrogen-bond acceptors (Lipinski definition) is 5. The maximum absolute atomic E-state index is 13.0. The first kappa shape index (κ1) is 19.3. The molecule has 28 heavy (non-hydrogen) atoms. The van der Waals surface area contributed by atoms with Crippen LogP contribution in [0.5, 0.6) is 5.75 Å². The molecule has 5 nitrogen and oxygen atoms in total. The van der Waals surface area contributed by atoms with Gasteiger partial charge in [-0.2, -0.15) is 5.26 Å². The molecule has 0 radical (unpaired) electrons. The number of thiazole rings is 1. The summed E-state index contributed by atoms with van der Waals surface area (Å²) < 4.78 is 18.1. The molecule has 0 aliphatic rings. The number of nitrogens with zero attached hydrogens (tertiary/aromatic N) is 2. The van der Waals surface area contributed by atoms with Gasteiger partial charge in [-0.05, 0) is 41.5 Å². The molecule has 0 saturated heterocycles. The van der Waals surface area contributed by atoms with E-state index in [0.29, 0.717) is 22.9 Å². The fourth-order valence-corrected chi connectivity index (χ4v) is 3.27. The van der Waals surface area contributed by atoms with E-state index in [1.807, 2.05) is 6.07 Å². The molecular formula is C21H16FN3O2S. The van der Waals surface area contributed by atoms with Crippen LogP contribution in [0.15, 0.2) is 60.3 Å². The molecule has 3 rings (SSSR count). The Bertz CT molecular complexity index is 1030. The number of anilines is 1. The van der Waals surface area contributed by atoms with Crippen molar-refractivity contribution < 1.29 is 13.9 Å². The smallest absolute Gasteiger partial charge is 0.268 e. The van der Waals surface area contributed by atoms with Gasteiger partial charge in [-0.1, -0.05) is 24.3 Å². The highest BCUT2D eigenvalue weighted by Gasteiger charge is 2.12. The van der Waals surface area contributed by atoms with E-state index in [-0.39, 0.29) is 11.4 Å². The van der Waals surface area contributed by atoms with Crippen molar-refractivity contribution in [1.29, 1.82) is 5.26 Å². The number of benzene rings is 2. The fraction of sp³-hybridized carbons (Fsp3) is 0.0952. The van der Waals surface area contributed by atoms with Gasteiger partial charge in [0.2, 0.25) is 0 Å². The summed E-state index contributed by atoms with van der Waals surface area (Å²) in [5, 5.41) is 12.4. The highest BCUT2D eigenvalue weighted by molar-refractivity contribution is 7.15. The van der Waals surface area contributed by atoms with Crippen LogP contribution in [-0.2, 0) is 11.2 Å². The Hall–Kier alpha value is -3.50. The molecule has 0 bridgehead atoms. The molecular weight excluding hydrogens is 377 g/mol. The summed E-state index contributed by atoms with van der Waals surface area (Å²) in [6.07, 6.45) is 3.74. The molecule has 0 atom stereocenters. The first-order valence-electron chi connectivity index (χ1n) is 8.34. The third-order valence-corrected chi connectivity index (χ3v) is 4.77. The second-order valence-corrected chi connectivity index (χ2v) is 6.95. The number of hydrogen-bond donors (Lipinski definition) is 1. The fourth-order valence-electron chi connectivity index (χ4n) is 2.43. The van der Waals surface area contributed by atoms with Gasteiger partial charge in [-0.15, -0.1) is 11.3 Å². The van der Waals surface area contributed by atoms with Crippen LogP contribution in [0.25, 0.3) is 6.08 Å². The van der Waals surface area contributed by atoms with Crippen molar-refractivity contribution in [1.82, 2.24) is 4.98 Å². The number of ether oxygens (including phenoxy) is 1. The number of aromatic nitrogens is 1. The molecule has 0 aliphatic carbocycles. The zero-order valence-corrected chi connectivity index (χ0v) is 15.8. The summed E-state index contributed by atoms with van der Waals surface area (Å²) in [7, 11) is 1.57. The van der Waals surface area contributed by atoms with Gasteiger partial charge in [0.1, 0.15) is 23.2 Å². The molecule has 7 heteroatoms. The minimum atomic E-state index is -0.527. The monoisotopic (exact) mass is 393 g/mol. The van der Waals surface area contributed by atoms with Crippen molar-refractivity contribution in [3.8, 4) is 11.8 Å². The Morgan fingerprint density at radius 2 is 1.96 bits per heavy atom. The van der Waals surface area contributed by atoms with Gasteiger partial charge in [0, 0.05) is 17.5 Å². The normalized spacial score (nSPS) is 11.0. The molecule has 0 unspecified atom stereocenters. The van der Waals surface area contributed by atoms with E-state index < -0.39 is 5.91 Å². The topological polar surface area (TPSA) is 75.0 Å². The van der Waals surface area contributed by atoms with E-state index in [2.05, 4.69) is 10.3 Å². The van der Waals surface area contributed by atoms with Gasteiger partial charge in [0.15, 0.2) is 5.13 Å². The van der Waals surface area contributed by atoms with Crippen molar-refractivity contribution >= 4 is 28.5 Å². The molecule has 1 aromatic heterocycles. The SMILES string of the molecule is COc1ccc(C=C(C#N)C(=O)Nc2ncc(Cc3ccc(F)cc3)s2)cc1. The minimum absolute atomic E-state index is 0.0274. The molecule has 2 aromatic carbocycles. The Balaban J connectivity index is 1.67. The summed E-state index contributed by atoms with van der Waals surface area (Å²) in [5.41, 5.74) is 1.63. The van der Waals surface area contributed by atoms with E-state index in [1.54, 1.807) is 49.7 Å². The number of carbonyl (C=O) groups excluding carboxylic acids is 1. The summed E-state index contributed by atoms with van der Waals surface area (Å²) >= 11 is 1.31. The molecule has 0 aliphatic heterocycles. The van der Waals surface area contributed by atoms with Crippen molar-refractivity contribution in [2.75, 3.05) is 12.4 Å². The van der Waals surface area contributed by atoms with Crippen LogP contribution in [0.2, 0.25) is 0 Å². The maximum Gasteiger partial charge on any atom is 0.268 e. The van der Waals surface area contributed by atoms with Gasteiger partial charge in [-0.25, -0.2) is 9.37 Å². The molecule has 1 amide bonds.